The molecule has 90 valence electrons. The average Bonchev–Trinajstić information content (AvgIpc) is 2.64. The molecule has 0 unspecified atom stereocenters. The van der Waals surface area contributed by atoms with Crippen LogP contribution < -0.4 is 5.43 Å². The van der Waals surface area contributed by atoms with Crippen LogP contribution in [0.5, 0.6) is 0 Å². The first-order valence-corrected chi connectivity index (χ1v) is 6.31. The molecule has 0 spiro atoms. The number of benzene rings is 1. The Kier molecular flexibility index (Phi) is 3.49. The summed E-state index contributed by atoms with van der Waals surface area (Å²) in [6.45, 7) is 1.78. The number of carbonyl (C=O) groups is 1. The molecule has 0 saturated carbocycles. The number of hydrogen-bond acceptors (Lipinski definition) is 4. The van der Waals surface area contributed by atoms with Gasteiger partial charge >= 0.3 is 5.97 Å². The highest BCUT2D eigenvalue weighted by atomic mass is 35.5. The lowest BCUT2D eigenvalue weighted by Gasteiger charge is -2.21. The van der Waals surface area contributed by atoms with Crippen LogP contribution in [-0.4, -0.2) is 22.0 Å². The fourth-order valence-electron chi connectivity index (χ4n) is 1.47. The molecule has 1 aliphatic heterocycles. The molecule has 2 rings (SSSR count). The second-order valence-corrected chi connectivity index (χ2v) is 4.93. The van der Waals surface area contributed by atoms with E-state index in [0.717, 1.165) is 11.4 Å². The Labute approximate surface area is 108 Å². The van der Waals surface area contributed by atoms with Gasteiger partial charge in [-0.25, -0.2) is 4.79 Å². The minimum Gasteiger partial charge on any atom is -0.477 e. The summed E-state index contributed by atoms with van der Waals surface area (Å²) in [6, 6.07) is 7.26. The van der Waals surface area contributed by atoms with Gasteiger partial charge in [0.25, 0.3) is 0 Å². The van der Waals surface area contributed by atoms with E-state index in [0.29, 0.717) is 15.8 Å². The van der Waals surface area contributed by atoms with Crippen molar-refractivity contribution in [2.24, 2.45) is 0 Å². The van der Waals surface area contributed by atoms with Crippen LogP contribution in [0.25, 0.3) is 0 Å². The van der Waals surface area contributed by atoms with E-state index in [-0.39, 0.29) is 0 Å². The first-order chi connectivity index (χ1) is 8.08. The molecule has 17 heavy (non-hydrogen) atoms. The number of thioether (sulfide) groups is 1. The van der Waals surface area contributed by atoms with Crippen LogP contribution in [0.15, 0.2) is 34.9 Å². The third-order valence-electron chi connectivity index (χ3n) is 2.37. The van der Waals surface area contributed by atoms with Gasteiger partial charge in [-0.15, -0.1) is 0 Å². The zero-order valence-electron chi connectivity index (χ0n) is 9.11. The van der Waals surface area contributed by atoms with E-state index in [1.165, 1.54) is 11.8 Å². The summed E-state index contributed by atoms with van der Waals surface area (Å²) in [7, 11) is 0. The van der Waals surface area contributed by atoms with Gasteiger partial charge in [0, 0.05) is 5.02 Å². The molecule has 6 heteroatoms. The number of allylic oxidation sites excluding steroid dienone is 1. The zero-order valence-corrected chi connectivity index (χ0v) is 10.7. The summed E-state index contributed by atoms with van der Waals surface area (Å²) in [6.07, 6.45) is 0. The van der Waals surface area contributed by atoms with E-state index in [4.69, 9.17) is 16.7 Å². The molecule has 0 fully saturated rings. The lowest BCUT2D eigenvalue weighted by atomic mass is 10.3. The molecule has 0 aliphatic carbocycles. The summed E-state index contributed by atoms with van der Waals surface area (Å²) in [5.41, 5.74) is 4.73. The van der Waals surface area contributed by atoms with Crippen molar-refractivity contribution in [2.75, 3.05) is 11.3 Å². The van der Waals surface area contributed by atoms with Crippen molar-refractivity contribution in [2.45, 2.75) is 6.92 Å². The first-order valence-electron chi connectivity index (χ1n) is 4.94. The standard InChI is InChI=1S/C11H11ClN2O2S/c1-7-10(11(15)16)17-6-14(7)13-9-4-2-8(12)3-5-9/h2-5,13H,6H2,1H3,(H,15,16). The average molecular weight is 271 g/mol. The van der Waals surface area contributed by atoms with Gasteiger partial charge in [-0.3, -0.25) is 10.4 Å². The van der Waals surface area contributed by atoms with Crippen molar-refractivity contribution in [3.05, 3.63) is 39.9 Å². The topological polar surface area (TPSA) is 52.6 Å². The van der Waals surface area contributed by atoms with Crippen LogP contribution in [0.1, 0.15) is 6.92 Å². The molecular weight excluding hydrogens is 260 g/mol. The third kappa shape index (κ3) is 2.68. The van der Waals surface area contributed by atoms with Crippen molar-refractivity contribution in [1.82, 2.24) is 5.01 Å². The van der Waals surface area contributed by atoms with Gasteiger partial charge in [0.05, 0.1) is 17.3 Å². The molecule has 2 N–H and O–H groups in total. The van der Waals surface area contributed by atoms with Crippen molar-refractivity contribution in [1.29, 1.82) is 0 Å². The van der Waals surface area contributed by atoms with Gasteiger partial charge in [0.15, 0.2) is 0 Å². The number of carboxylic acid groups (broad SMARTS) is 1. The van der Waals surface area contributed by atoms with E-state index in [2.05, 4.69) is 5.43 Å². The smallest absolute Gasteiger partial charge is 0.344 e. The molecule has 0 bridgehead atoms. The molecule has 1 heterocycles. The zero-order chi connectivity index (χ0) is 12.4. The Morgan fingerprint density at radius 3 is 2.65 bits per heavy atom. The molecular formula is C11H11ClN2O2S. The van der Waals surface area contributed by atoms with Gasteiger partial charge in [0.2, 0.25) is 0 Å². The van der Waals surface area contributed by atoms with Crippen LogP contribution in [0, 0.1) is 0 Å². The highest BCUT2D eigenvalue weighted by Crippen LogP contribution is 2.31. The summed E-state index contributed by atoms with van der Waals surface area (Å²) in [5.74, 6) is -0.302. The number of aliphatic carboxylic acids is 1. The summed E-state index contributed by atoms with van der Waals surface area (Å²) in [4.78, 5) is 11.3. The van der Waals surface area contributed by atoms with Crippen molar-refractivity contribution in [3.8, 4) is 0 Å². The van der Waals surface area contributed by atoms with E-state index in [9.17, 15) is 4.79 Å². The highest BCUT2D eigenvalue weighted by molar-refractivity contribution is 8.04. The van der Waals surface area contributed by atoms with Gasteiger partial charge in [-0.1, -0.05) is 23.4 Å². The molecule has 0 atom stereocenters. The minimum absolute atomic E-state index is 0.381. The largest absolute Gasteiger partial charge is 0.477 e. The van der Waals surface area contributed by atoms with Crippen molar-refractivity contribution >= 4 is 35.0 Å². The van der Waals surface area contributed by atoms with E-state index in [1.807, 2.05) is 12.1 Å². The fourth-order valence-corrected chi connectivity index (χ4v) is 2.55. The molecule has 1 aliphatic rings. The predicted octanol–water partition coefficient (Wildman–Crippen LogP) is 2.99. The fraction of sp³-hybridized carbons (Fsp3) is 0.182. The second kappa shape index (κ2) is 4.89. The highest BCUT2D eigenvalue weighted by Gasteiger charge is 2.24. The van der Waals surface area contributed by atoms with Gasteiger partial charge in [-0.05, 0) is 31.2 Å². The maximum absolute atomic E-state index is 10.9. The van der Waals surface area contributed by atoms with Crippen LogP contribution >= 0.6 is 23.4 Å². The number of rotatable bonds is 3. The van der Waals surface area contributed by atoms with Crippen molar-refractivity contribution in [3.63, 3.8) is 0 Å². The normalized spacial score (nSPS) is 15.3. The number of anilines is 1. The quantitative estimate of drug-likeness (QED) is 0.884. The molecule has 4 nitrogen and oxygen atoms in total. The Hall–Kier alpha value is -1.33. The van der Waals surface area contributed by atoms with Gasteiger partial charge in [0.1, 0.15) is 4.91 Å². The van der Waals surface area contributed by atoms with E-state index < -0.39 is 5.97 Å². The summed E-state index contributed by atoms with van der Waals surface area (Å²) >= 11 is 7.10. The molecule has 0 aromatic heterocycles. The number of carboxylic acids is 1. The number of halogens is 1. The SMILES string of the molecule is CC1=C(C(=O)O)SCN1Nc1ccc(Cl)cc1. The monoisotopic (exact) mass is 270 g/mol. The molecule has 0 radical (unpaired) electrons. The van der Waals surface area contributed by atoms with Gasteiger partial charge in [-0.2, -0.15) is 0 Å². The number of nitrogens with zero attached hydrogens (tertiary/aromatic N) is 1. The number of hydrogen-bond donors (Lipinski definition) is 2. The Morgan fingerprint density at radius 2 is 2.12 bits per heavy atom. The maximum Gasteiger partial charge on any atom is 0.344 e. The molecule has 1 aromatic rings. The summed E-state index contributed by atoms with van der Waals surface area (Å²) in [5, 5.41) is 11.4. The Morgan fingerprint density at radius 1 is 1.47 bits per heavy atom. The number of hydrazine groups is 1. The lowest BCUT2D eigenvalue weighted by molar-refractivity contribution is -0.131. The van der Waals surface area contributed by atoms with Crippen LogP contribution in [-0.2, 0) is 4.79 Å². The second-order valence-electron chi connectivity index (χ2n) is 3.54. The minimum atomic E-state index is -0.882. The first kappa shape index (κ1) is 12.1. The van der Waals surface area contributed by atoms with Crippen LogP contribution in [0.2, 0.25) is 5.02 Å². The molecule has 0 amide bonds. The van der Waals surface area contributed by atoms with Crippen LogP contribution in [0.3, 0.4) is 0 Å². The molecule has 0 saturated heterocycles. The van der Waals surface area contributed by atoms with E-state index in [1.54, 1.807) is 24.1 Å². The Balaban J connectivity index is 2.11. The lowest BCUT2D eigenvalue weighted by Crippen LogP contribution is -2.24. The summed E-state index contributed by atoms with van der Waals surface area (Å²) < 4.78 is 0. The maximum atomic E-state index is 10.9. The van der Waals surface area contributed by atoms with Crippen LogP contribution in [0.4, 0.5) is 5.69 Å². The predicted molar refractivity (Wildman–Crippen MR) is 69.7 cm³/mol. The molecule has 1 aromatic carbocycles. The number of nitrogens with one attached hydrogen (secondary N) is 1. The van der Waals surface area contributed by atoms with E-state index >= 15 is 0 Å². The third-order valence-corrected chi connectivity index (χ3v) is 3.77. The van der Waals surface area contributed by atoms with Crippen molar-refractivity contribution < 1.29 is 9.90 Å². The Bertz CT molecular complexity index is 473. The van der Waals surface area contributed by atoms with Gasteiger partial charge < -0.3 is 5.11 Å².